The molecular weight excluding hydrogens is 828 g/mol. The van der Waals surface area contributed by atoms with Gasteiger partial charge in [0.2, 0.25) is 0 Å². The van der Waals surface area contributed by atoms with Gasteiger partial charge < -0.3 is 89.3 Å². The molecule has 3 saturated carbocycles. The Bertz CT molecular complexity index is 1600. The SMILES string of the molecule is CC(CC[C@@]1(O)O[C@H]2C[C@H]3[C@@H]4CC=C5C[C@@H](O[C@@H]6O[C@H](CO)[C@H](O)[C@H](O)[C@H]6O[C@@H]6O[C@@H](C)[C@H](O)[C@@H](O)[C@H]6O)CC[C@]5(C)[C@H]4CC[C@]3(C)[C@H]2[C@@H]1C)CO[C@@H]1O[C@H](CO)[C@@H](O)[C@H](O)[C@H]1O. The Morgan fingerprint density at radius 2 is 1.40 bits per heavy atom. The highest BCUT2D eigenvalue weighted by molar-refractivity contribution is 5.26. The van der Waals surface area contributed by atoms with Crippen molar-refractivity contribution in [1.82, 2.24) is 0 Å². The van der Waals surface area contributed by atoms with Crippen molar-refractivity contribution in [2.75, 3.05) is 19.8 Å². The summed E-state index contributed by atoms with van der Waals surface area (Å²) in [4.78, 5) is 0. The summed E-state index contributed by atoms with van der Waals surface area (Å²) in [5.74, 6) is 0.0506. The molecule has 0 aromatic heterocycles. The Hall–Kier alpha value is -0.980. The fourth-order valence-electron chi connectivity index (χ4n) is 13.5. The van der Waals surface area contributed by atoms with Gasteiger partial charge in [-0.3, -0.25) is 0 Å². The number of fused-ring (bicyclic) bond motifs is 7. The van der Waals surface area contributed by atoms with E-state index in [0.29, 0.717) is 43.4 Å². The van der Waals surface area contributed by atoms with Gasteiger partial charge >= 0.3 is 0 Å². The van der Waals surface area contributed by atoms with Crippen molar-refractivity contribution in [3.05, 3.63) is 11.6 Å². The fraction of sp³-hybridized carbons (Fsp3) is 0.956. The number of hydrogen-bond acceptors (Lipinski definition) is 18. The first-order valence-electron chi connectivity index (χ1n) is 23.4. The molecule has 0 radical (unpaired) electrons. The van der Waals surface area contributed by atoms with E-state index in [2.05, 4.69) is 26.8 Å². The van der Waals surface area contributed by atoms with E-state index >= 15 is 0 Å². The van der Waals surface area contributed by atoms with Crippen molar-refractivity contribution in [2.45, 2.75) is 203 Å². The van der Waals surface area contributed by atoms with Gasteiger partial charge in [-0.25, -0.2) is 0 Å². The average Bonchev–Trinajstić information content (AvgIpc) is 3.70. The first-order valence-corrected chi connectivity index (χ1v) is 23.4. The van der Waals surface area contributed by atoms with Crippen molar-refractivity contribution in [2.24, 2.45) is 46.3 Å². The van der Waals surface area contributed by atoms with E-state index in [1.807, 2.05) is 6.92 Å². The second-order valence-corrected chi connectivity index (χ2v) is 21.0. The van der Waals surface area contributed by atoms with Gasteiger partial charge in [0.25, 0.3) is 0 Å². The first kappa shape index (κ1) is 48.5. The summed E-state index contributed by atoms with van der Waals surface area (Å²) in [6, 6.07) is 0. The lowest BCUT2D eigenvalue weighted by Gasteiger charge is -2.58. The summed E-state index contributed by atoms with van der Waals surface area (Å²) in [6.45, 7) is 9.43. The molecule has 4 heterocycles. The zero-order valence-electron chi connectivity index (χ0n) is 37.1. The van der Waals surface area contributed by atoms with Crippen LogP contribution < -0.4 is 0 Å². The minimum absolute atomic E-state index is 0.0148. The van der Waals surface area contributed by atoms with Crippen LogP contribution in [-0.2, 0) is 33.2 Å². The predicted octanol–water partition coefficient (Wildman–Crippen LogP) is -0.831. The maximum absolute atomic E-state index is 12.0. The normalized spacial score (nSPS) is 55.0. The van der Waals surface area contributed by atoms with E-state index < -0.39 is 111 Å². The van der Waals surface area contributed by atoms with Crippen LogP contribution in [0.5, 0.6) is 0 Å². The van der Waals surface area contributed by atoms with Gasteiger partial charge in [-0.15, -0.1) is 0 Å². The van der Waals surface area contributed by atoms with Crippen molar-refractivity contribution >= 4 is 0 Å². The Labute approximate surface area is 369 Å². The number of hydrogen-bond donors (Lipinski definition) is 11. The Balaban J connectivity index is 0.885. The van der Waals surface area contributed by atoms with E-state index in [9.17, 15) is 56.2 Å². The molecule has 63 heavy (non-hydrogen) atoms. The first-order chi connectivity index (χ1) is 29.8. The van der Waals surface area contributed by atoms with Crippen LogP contribution >= 0.6 is 0 Å². The molecule has 362 valence electrons. The average molecular weight is 903 g/mol. The second kappa shape index (κ2) is 18.5. The predicted molar refractivity (Wildman–Crippen MR) is 218 cm³/mol. The second-order valence-electron chi connectivity index (χ2n) is 21.0. The van der Waals surface area contributed by atoms with Crippen LogP contribution in [-0.4, -0.2) is 186 Å². The van der Waals surface area contributed by atoms with Gasteiger partial charge in [0, 0.05) is 12.3 Å². The summed E-state index contributed by atoms with van der Waals surface area (Å²) >= 11 is 0. The summed E-state index contributed by atoms with van der Waals surface area (Å²) in [6.07, 6.45) is -11.5. The van der Waals surface area contributed by atoms with Gasteiger partial charge in [0.1, 0.15) is 67.1 Å². The molecule has 8 aliphatic rings. The van der Waals surface area contributed by atoms with Gasteiger partial charge in [0.15, 0.2) is 24.7 Å². The molecule has 1 unspecified atom stereocenters. The maximum Gasteiger partial charge on any atom is 0.187 e. The molecule has 4 aliphatic heterocycles. The lowest BCUT2D eigenvalue weighted by molar-refractivity contribution is -0.369. The van der Waals surface area contributed by atoms with Gasteiger partial charge in [0.05, 0.1) is 38.1 Å². The Kier molecular flexibility index (Phi) is 14.2. The maximum atomic E-state index is 12.0. The minimum atomic E-state index is -1.65. The van der Waals surface area contributed by atoms with Crippen LogP contribution in [0.2, 0.25) is 0 Å². The van der Waals surface area contributed by atoms with Crippen LogP contribution in [0.1, 0.15) is 92.4 Å². The van der Waals surface area contributed by atoms with Crippen LogP contribution in [0, 0.1) is 46.3 Å². The van der Waals surface area contributed by atoms with Crippen molar-refractivity contribution in [3.63, 3.8) is 0 Å². The molecule has 0 amide bonds. The van der Waals surface area contributed by atoms with Crippen LogP contribution in [0.15, 0.2) is 11.6 Å². The molecule has 8 rings (SSSR count). The zero-order chi connectivity index (χ0) is 45.5. The highest BCUT2D eigenvalue weighted by Crippen LogP contribution is 2.70. The van der Waals surface area contributed by atoms with Gasteiger partial charge in [-0.2, -0.15) is 0 Å². The Morgan fingerprint density at radius 3 is 2.10 bits per heavy atom. The number of aliphatic hydroxyl groups is 11. The summed E-state index contributed by atoms with van der Waals surface area (Å²) < 4.78 is 42.1. The Morgan fingerprint density at radius 1 is 0.746 bits per heavy atom. The van der Waals surface area contributed by atoms with Crippen molar-refractivity contribution < 1.29 is 89.3 Å². The van der Waals surface area contributed by atoms with Gasteiger partial charge in [-0.1, -0.05) is 39.3 Å². The molecule has 11 N–H and O–H groups in total. The van der Waals surface area contributed by atoms with E-state index in [1.165, 1.54) is 12.5 Å². The largest absolute Gasteiger partial charge is 0.394 e. The third-order valence-electron chi connectivity index (χ3n) is 17.4. The molecule has 26 atom stereocenters. The molecule has 4 aliphatic carbocycles. The summed E-state index contributed by atoms with van der Waals surface area (Å²) in [5, 5.41) is 115. The quantitative estimate of drug-likeness (QED) is 0.107. The number of rotatable bonds is 12. The van der Waals surface area contributed by atoms with Gasteiger partial charge in [-0.05, 0) is 98.7 Å². The molecule has 0 aromatic rings. The molecule has 0 aromatic carbocycles. The van der Waals surface area contributed by atoms with Crippen LogP contribution in [0.3, 0.4) is 0 Å². The van der Waals surface area contributed by atoms with Crippen molar-refractivity contribution in [1.29, 1.82) is 0 Å². The van der Waals surface area contributed by atoms with E-state index in [-0.39, 0.29) is 47.4 Å². The smallest absolute Gasteiger partial charge is 0.187 e. The number of allylic oxidation sites excluding steroid dienone is 1. The molecule has 0 bridgehead atoms. The van der Waals surface area contributed by atoms with Crippen molar-refractivity contribution in [3.8, 4) is 0 Å². The molecular formula is C45H74O18. The fourth-order valence-corrected chi connectivity index (χ4v) is 13.5. The molecule has 18 nitrogen and oxygen atoms in total. The monoisotopic (exact) mass is 902 g/mol. The zero-order valence-corrected chi connectivity index (χ0v) is 37.1. The van der Waals surface area contributed by atoms with E-state index in [4.69, 9.17) is 33.2 Å². The summed E-state index contributed by atoms with van der Waals surface area (Å²) in [5.41, 5.74) is 1.23. The topological polar surface area (TPSA) is 287 Å². The number of ether oxygens (including phenoxy) is 7. The number of aliphatic hydroxyl groups excluding tert-OH is 10. The highest BCUT2D eigenvalue weighted by atomic mass is 16.8. The molecule has 4 saturated heterocycles. The standard InChI is InChI=1S/C45H74O18/c1-19(18-57-40-37(54)35(52)32(49)28(16-46)60-40)8-13-45(56)20(2)30-27(63-45)15-26-24-7-6-22-14-23(9-11-43(22,4)25(24)10-12-44(26,30)5)59-42-39(36(53)33(50)29(17-47)61-42)62-41-38(55)34(51)31(48)21(3)58-41/h6,19-21,23-42,46-56H,7-18H2,1-5H3/t19?,20-,21-,23-,24+,25-,26-,27-,28+,29+,30-,31-,32+,33-,34+,35-,36-,37+,38+,39+,40+,41-,42+,43-,44-,45+/m0/s1. The lowest BCUT2D eigenvalue weighted by Crippen LogP contribution is -2.64. The molecule has 7 fully saturated rings. The minimum Gasteiger partial charge on any atom is -0.394 e. The third kappa shape index (κ3) is 8.51. The summed E-state index contributed by atoms with van der Waals surface area (Å²) in [7, 11) is 0. The lowest BCUT2D eigenvalue weighted by atomic mass is 9.47. The van der Waals surface area contributed by atoms with E-state index in [1.54, 1.807) is 0 Å². The van der Waals surface area contributed by atoms with E-state index in [0.717, 1.165) is 32.1 Å². The third-order valence-corrected chi connectivity index (χ3v) is 17.4. The molecule has 18 heteroatoms. The molecule has 0 spiro atoms. The highest BCUT2D eigenvalue weighted by Gasteiger charge is 2.68. The van der Waals surface area contributed by atoms with Crippen LogP contribution in [0.4, 0.5) is 0 Å². The van der Waals surface area contributed by atoms with Crippen LogP contribution in [0.25, 0.3) is 0 Å².